The Balaban J connectivity index is 1.82. The highest BCUT2D eigenvalue weighted by molar-refractivity contribution is 5.88. The first-order valence-electron chi connectivity index (χ1n) is 8.36. The first-order valence-corrected chi connectivity index (χ1v) is 8.36. The number of carbonyl (C=O) groups excluding carboxylic acids is 2. The fourth-order valence-electron chi connectivity index (χ4n) is 2.40. The summed E-state index contributed by atoms with van der Waals surface area (Å²) in [6.07, 6.45) is 0.996. The lowest BCUT2D eigenvalue weighted by Gasteiger charge is -2.15. The molecule has 2 aromatic carbocycles. The summed E-state index contributed by atoms with van der Waals surface area (Å²) >= 11 is 0. The smallest absolute Gasteiger partial charge is 0.258 e. The number of benzene rings is 2. The molecule has 2 amide bonds. The van der Waals surface area contributed by atoms with Crippen molar-refractivity contribution >= 4 is 17.5 Å². The van der Waals surface area contributed by atoms with Gasteiger partial charge in [-0.2, -0.15) is 0 Å². The van der Waals surface area contributed by atoms with Crippen molar-refractivity contribution < 1.29 is 14.3 Å². The molecule has 5 nitrogen and oxygen atoms in total. The summed E-state index contributed by atoms with van der Waals surface area (Å²) < 4.78 is 5.48. The Kier molecular flexibility index (Phi) is 6.57. The standard InChI is InChI=1S/C20H24N2O3/c1-4-16-5-7-17(8-6-16)14(2)21-20(24)13-25-19-11-9-18(10-12-19)22-15(3)23/h5-12,14H,4,13H2,1-3H3,(H,21,24)(H,22,23)/t14-/m1/s1. The van der Waals surface area contributed by atoms with Gasteiger partial charge in [-0.05, 0) is 48.7 Å². The van der Waals surface area contributed by atoms with E-state index in [1.165, 1.54) is 12.5 Å². The molecule has 25 heavy (non-hydrogen) atoms. The molecule has 1 atom stereocenters. The maximum atomic E-state index is 12.0. The van der Waals surface area contributed by atoms with E-state index in [0.29, 0.717) is 11.4 Å². The Bertz CT molecular complexity index is 709. The largest absolute Gasteiger partial charge is 0.484 e. The van der Waals surface area contributed by atoms with Gasteiger partial charge in [0.25, 0.3) is 5.91 Å². The summed E-state index contributed by atoms with van der Waals surface area (Å²) in [6.45, 7) is 5.45. The molecule has 0 aromatic heterocycles. The van der Waals surface area contributed by atoms with Crippen molar-refractivity contribution in [2.75, 3.05) is 11.9 Å². The second-order valence-corrected chi connectivity index (χ2v) is 5.88. The highest BCUT2D eigenvalue weighted by Crippen LogP contribution is 2.16. The first kappa shape index (κ1) is 18.5. The molecule has 0 radical (unpaired) electrons. The van der Waals surface area contributed by atoms with Crippen molar-refractivity contribution in [1.82, 2.24) is 5.32 Å². The van der Waals surface area contributed by atoms with Gasteiger partial charge in [-0.3, -0.25) is 9.59 Å². The zero-order valence-corrected chi connectivity index (χ0v) is 14.8. The molecule has 0 saturated heterocycles. The summed E-state index contributed by atoms with van der Waals surface area (Å²) in [5.74, 6) is 0.260. The van der Waals surface area contributed by atoms with Gasteiger partial charge in [-0.1, -0.05) is 31.2 Å². The van der Waals surface area contributed by atoms with Crippen LogP contribution >= 0.6 is 0 Å². The van der Waals surface area contributed by atoms with E-state index >= 15 is 0 Å². The molecule has 0 saturated carbocycles. The van der Waals surface area contributed by atoms with E-state index in [1.807, 2.05) is 19.1 Å². The minimum Gasteiger partial charge on any atom is -0.484 e. The predicted octanol–water partition coefficient (Wildman–Crippen LogP) is 3.46. The molecule has 0 unspecified atom stereocenters. The third-order valence-electron chi connectivity index (χ3n) is 3.81. The third-order valence-corrected chi connectivity index (χ3v) is 3.81. The summed E-state index contributed by atoms with van der Waals surface area (Å²) in [6, 6.07) is 15.0. The second kappa shape index (κ2) is 8.87. The van der Waals surface area contributed by atoms with Gasteiger partial charge in [0.2, 0.25) is 5.91 Å². The Hall–Kier alpha value is -2.82. The predicted molar refractivity (Wildman–Crippen MR) is 98.6 cm³/mol. The third kappa shape index (κ3) is 5.95. The lowest BCUT2D eigenvalue weighted by Crippen LogP contribution is -2.31. The van der Waals surface area contributed by atoms with Crippen molar-refractivity contribution in [3.63, 3.8) is 0 Å². The maximum absolute atomic E-state index is 12.0. The summed E-state index contributed by atoms with van der Waals surface area (Å²) in [7, 11) is 0. The molecule has 0 aliphatic heterocycles. The quantitative estimate of drug-likeness (QED) is 0.811. The highest BCUT2D eigenvalue weighted by atomic mass is 16.5. The molecule has 0 aliphatic rings. The van der Waals surface area contributed by atoms with Crippen molar-refractivity contribution in [2.24, 2.45) is 0 Å². The van der Waals surface area contributed by atoms with Gasteiger partial charge in [0.05, 0.1) is 6.04 Å². The molecule has 132 valence electrons. The summed E-state index contributed by atoms with van der Waals surface area (Å²) in [4.78, 5) is 23.0. The van der Waals surface area contributed by atoms with Crippen molar-refractivity contribution in [3.05, 3.63) is 59.7 Å². The molecule has 0 fully saturated rings. The van der Waals surface area contributed by atoms with E-state index in [9.17, 15) is 9.59 Å². The zero-order valence-electron chi connectivity index (χ0n) is 14.8. The van der Waals surface area contributed by atoms with Crippen LogP contribution in [0, 0.1) is 0 Å². The fourth-order valence-corrected chi connectivity index (χ4v) is 2.40. The summed E-state index contributed by atoms with van der Waals surface area (Å²) in [5, 5.41) is 5.60. The SMILES string of the molecule is CCc1ccc([C@@H](C)NC(=O)COc2ccc(NC(C)=O)cc2)cc1. The fraction of sp³-hybridized carbons (Fsp3) is 0.300. The number of nitrogens with one attached hydrogen (secondary N) is 2. The van der Waals surface area contributed by atoms with Crippen molar-refractivity contribution in [2.45, 2.75) is 33.2 Å². The Labute approximate surface area is 148 Å². The number of hydrogen-bond acceptors (Lipinski definition) is 3. The number of anilines is 1. The van der Waals surface area contributed by atoms with Gasteiger partial charge in [0.1, 0.15) is 5.75 Å². The Morgan fingerprint density at radius 3 is 2.24 bits per heavy atom. The molecular formula is C20H24N2O3. The van der Waals surface area contributed by atoms with Crippen LogP contribution in [0.25, 0.3) is 0 Å². The van der Waals surface area contributed by atoms with Gasteiger partial charge in [-0.15, -0.1) is 0 Å². The average Bonchev–Trinajstić information content (AvgIpc) is 2.60. The molecule has 2 N–H and O–H groups in total. The minimum atomic E-state index is -0.182. The Morgan fingerprint density at radius 1 is 1.04 bits per heavy atom. The lowest BCUT2D eigenvalue weighted by atomic mass is 10.1. The Morgan fingerprint density at radius 2 is 1.68 bits per heavy atom. The summed E-state index contributed by atoms with van der Waals surface area (Å²) in [5.41, 5.74) is 3.02. The van der Waals surface area contributed by atoms with Crippen LogP contribution in [-0.2, 0) is 16.0 Å². The zero-order chi connectivity index (χ0) is 18.2. The molecule has 2 rings (SSSR count). The van der Waals surface area contributed by atoms with Crippen LogP contribution in [0.4, 0.5) is 5.69 Å². The van der Waals surface area contributed by atoms with Crippen LogP contribution in [0.15, 0.2) is 48.5 Å². The number of aryl methyl sites for hydroxylation is 1. The van der Waals surface area contributed by atoms with Crippen LogP contribution < -0.4 is 15.4 Å². The lowest BCUT2D eigenvalue weighted by molar-refractivity contribution is -0.123. The van der Waals surface area contributed by atoms with E-state index < -0.39 is 0 Å². The van der Waals surface area contributed by atoms with E-state index in [-0.39, 0.29) is 24.5 Å². The van der Waals surface area contributed by atoms with E-state index in [0.717, 1.165) is 12.0 Å². The second-order valence-electron chi connectivity index (χ2n) is 5.88. The van der Waals surface area contributed by atoms with Gasteiger partial charge in [-0.25, -0.2) is 0 Å². The van der Waals surface area contributed by atoms with Crippen LogP contribution in [0.3, 0.4) is 0 Å². The molecule has 0 heterocycles. The number of ether oxygens (including phenoxy) is 1. The van der Waals surface area contributed by atoms with Gasteiger partial charge >= 0.3 is 0 Å². The van der Waals surface area contributed by atoms with Crippen LogP contribution in [0.5, 0.6) is 5.75 Å². The maximum Gasteiger partial charge on any atom is 0.258 e. The van der Waals surface area contributed by atoms with Gasteiger partial charge < -0.3 is 15.4 Å². The topological polar surface area (TPSA) is 67.4 Å². The monoisotopic (exact) mass is 340 g/mol. The van der Waals surface area contributed by atoms with Crippen LogP contribution in [0.1, 0.15) is 37.9 Å². The number of rotatable bonds is 7. The number of carbonyl (C=O) groups is 2. The molecule has 0 aliphatic carbocycles. The van der Waals surface area contributed by atoms with Crippen LogP contribution in [-0.4, -0.2) is 18.4 Å². The van der Waals surface area contributed by atoms with E-state index in [2.05, 4.69) is 29.7 Å². The van der Waals surface area contributed by atoms with Gasteiger partial charge in [0, 0.05) is 12.6 Å². The molecular weight excluding hydrogens is 316 g/mol. The molecule has 0 bridgehead atoms. The van der Waals surface area contributed by atoms with E-state index in [1.54, 1.807) is 24.3 Å². The normalized spacial score (nSPS) is 11.5. The number of hydrogen-bond donors (Lipinski definition) is 2. The highest BCUT2D eigenvalue weighted by Gasteiger charge is 2.10. The minimum absolute atomic E-state index is 0.0587. The van der Waals surface area contributed by atoms with Gasteiger partial charge in [0.15, 0.2) is 6.61 Å². The molecule has 5 heteroatoms. The van der Waals surface area contributed by atoms with Crippen molar-refractivity contribution in [3.8, 4) is 5.75 Å². The molecule has 0 spiro atoms. The van der Waals surface area contributed by atoms with E-state index in [4.69, 9.17) is 4.74 Å². The number of amides is 2. The average molecular weight is 340 g/mol. The first-order chi connectivity index (χ1) is 12.0. The van der Waals surface area contributed by atoms with Crippen molar-refractivity contribution in [1.29, 1.82) is 0 Å². The van der Waals surface area contributed by atoms with Crippen LogP contribution in [0.2, 0.25) is 0 Å². The molecule has 2 aromatic rings.